The average molecular weight is 1820 g/mol. The standard InChI is InChI=1S/C53H34N2.C42H28N2.C40H28N4/c1-2-16-44(17-3-1)55-50-21-11-10-20-49(50)54-53(55)38-26-22-37(23-27-38)41-30-31-47-48(34-41)52(43-29-25-36-13-5-7-15-40(36)33-43)46-19-9-8-18-45(46)51(47)42-28-24-35-12-4-6-14-39(35)32-42;1-2-8-29(9-3-1)34-16-17-39-40(28-34)42(36-13-7-11-33(27-36)31-20-24-44-25-21-31)38-15-5-4-14-37(38)41(39)35-12-6-10-32(26-35)30-18-22-43-23-19-30;1-2-10-27(11-3-1)28-16-19-33-34(24-28)40(30-18-21-38(44-26-30)36-15-7-9-23-42-36)32-13-5-4-12-31(32)39(33)29-17-20-37(43-25-29)35-14-6-8-22-41-35/h1-34H;1-28H;1-24,26,43H,25H2. The monoisotopic (exact) mass is 1820 g/mol. The molecule has 0 saturated heterocycles. The van der Waals surface area contributed by atoms with Crippen LogP contribution in [0.5, 0.6) is 0 Å². The molecule has 0 fully saturated rings. The Kier molecular flexibility index (Phi) is 22.6. The van der Waals surface area contributed by atoms with Crippen LogP contribution in [-0.4, -0.2) is 41.0 Å². The quantitative estimate of drug-likeness (QED) is 0.102. The lowest BCUT2D eigenvalue weighted by molar-refractivity contribution is 0.996. The fraction of sp³-hybridized carbons (Fsp3) is 0.00741. The van der Waals surface area contributed by atoms with E-state index in [1.165, 1.54) is 186 Å². The van der Waals surface area contributed by atoms with Crippen LogP contribution in [0, 0.1) is 0 Å². The van der Waals surface area contributed by atoms with E-state index >= 15 is 0 Å². The van der Waals surface area contributed by atoms with E-state index in [4.69, 9.17) is 9.97 Å². The predicted molar refractivity (Wildman–Crippen MR) is 599 cm³/mol. The van der Waals surface area contributed by atoms with Crippen molar-refractivity contribution >= 4 is 108 Å². The molecular weight excluding hydrogens is 1730 g/mol. The molecule has 26 aromatic rings. The molecule has 8 nitrogen and oxygen atoms in total. The highest BCUT2D eigenvalue weighted by Crippen LogP contribution is 2.51. The van der Waals surface area contributed by atoms with Gasteiger partial charge >= 0.3 is 0 Å². The van der Waals surface area contributed by atoms with Crippen LogP contribution in [0.3, 0.4) is 0 Å². The predicted octanol–water partition coefficient (Wildman–Crippen LogP) is 34.6. The van der Waals surface area contributed by atoms with E-state index in [2.05, 4.69) is 479 Å². The number of aromatic nitrogens is 7. The van der Waals surface area contributed by atoms with Crippen molar-refractivity contribution < 1.29 is 0 Å². The Labute approximate surface area is 828 Å². The Bertz CT molecular complexity index is 9400. The van der Waals surface area contributed by atoms with Gasteiger partial charge in [0.15, 0.2) is 0 Å². The first kappa shape index (κ1) is 85.6. The van der Waals surface area contributed by atoms with Crippen LogP contribution in [0.25, 0.3) is 248 Å². The topological polar surface area (TPSA) is 94.3 Å². The third kappa shape index (κ3) is 16.5. The van der Waals surface area contributed by atoms with E-state index in [1.54, 1.807) is 6.20 Å². The molecule has 0 amide bonds. The van der Waals surface area contributed by atoms with Gasteiger partial charge in [0.05, 0.1) is 33.8 Å². The molecule has 0 unspecified atom stereocenters. The molecule has 0 saturated carbocycles. The molecule has 0 atom stereocenters. The molecule has 20 aromatic carbocycles. The number of benzene rings is 20. The smallest absolute Gasteiger partial charge is 0.145 e. The summed E-state index contributed by atoms with van der Waals surface area (Å²) in [6.07, 6.45) is 17.4. The summed E-state index contributed by atoms with van der Waals surface area (Å²) < 4.78 is 2.26. The number of hydrogen-bond donors (Lipinski definition) is 1. The van der Waals surface area contributed by atoms with Crippen molar-refractivity contribution in [2.24, 2.45) is 0 Å². The number of nitrogens with zero attached hydrogens (tertiary/aromatic N) is 7. The SMILES string of the molecule is C1=C(c2ccccn2)NCC(c2c3ccccc3c(-c3ccc(-c4ccccn4)nc3)c3cc(-c4ccccc4)ccc23)=C1.c1ccc(-c2ccc3c(-c4cccc(-c5ccncc5)c4)c4ccccc4c(-c4cccc(-c5ccncc5)c4)c3c2)cc1.c1ccc(-n2c(-c3ccc(-c4ccc5c(-c6ccc7ccccc7c6)c6ccccc6c(-c6ccc7ccccc7c6)c5c4)cc3)nc3ccccc32)cc1. The zero-order chi connectivity index (χ0) is 94.9. The Morgan fingerprint density at radius 1 is 0.203 bits per heavy atom. The molecule has 143 heavy (non-hydrogen) atoms. The van der Waals surface area contributed by atoms with Crippen molar-refractivity contribution in [3.05, 3.63) is 540 Å². The van der Waals surface area contributed by atoms with Crippen LogP contribution in [0.15, 0.2) is 529 Å². The number of imidazole rings is 1. The number of allylic oxidation sites excluding steroid dienone is 2. The van der Waals surface area contributed by atoms with E-state index < -0.39 is 0 Å². The van der Waals surface area contributed by atoms with Crippen LogP contribution < -0.4 is 5.32 Å². The van der Waals surface area contributed by atoms with Crippen LogP contribution in [-0.2, 0) is 0 Å². The van der Waals surface area contributed by atoms with Crippen LogP contribution in [0.1, 0.15) is 11.3 Å². The van der Waals surface area contributed by atoms with Gasteiger partial charge in [0, 0.05) is 66.7 Å². The van der Waals surface area contributed by atoms with Crippen molar-refractivity contribution in [3.8, 4) is 140 Å². The lowest BCUT2D eigenvalue weighted by Crippen LogP contribution is -2.19. The van der Waals surface area contributed by atoms with Gasteiger partial charge in [0.2, 0.25) is 0 Å². The summed E-state index contributed by atoms with van der Waals surface area (Å²) >= 11 is 0. The van der Waals surface area contributed by atoms with Gasteiger partial charge < -0.3 is 5.32 Å². The summed E-state index contributed by atoms with van der Waals surface area (Å²) in [5.41, 5.74) is 34.4. The Balaban J connectivity index is 0.000000114. The molecule has 1 N–H and O–H groups in total. The molecular formula is C135H90N8. The van der Waals surface area contributed by atoms with Crippen molar-refractivity contribution in [2.75, 3.05) is 6.54 Å². The van der Waals surface area contributed by atoms with Crippen molar-refractivity contribution in [1.29, 1.82) is 0 Å². The number of pyridine rings is 5. The second-order valence-corrected chi connectivity index (χ2v) is 36.3. The van der Waals surface area contributed by atoms with Gasteiger partial charge in [-0.3, -0.25) is 29.5 Å². The number of para-hydroxylation sites is 3. The summed E-state index contributed by atoms with van der Waals surface area (Å²) in [5, 5.41) is 23.4. The second kappa shape index (κ2) is 37.8. The summed E-state index contributed by atoms with van der Waals surface area (Å²) in [6, 6.07) is 170. The van der Waals surface area contributed by atoms with E-state index in [0.717, 1.165) is 73.1 Å². The molecule has 1 aliphatic rings. The van der Waals surface area contributed by atoms with E-state index in [0.29, 0.717) is 6.54 Å². The Hall–Kier alpha value is -19.0. The highest BCUT2D eigenvalue weighted by Gasteiger charge is 2.26. The molecule has 0 bridgehead atoms. The van der Waals surface area contributed by atoms with Crippen LogP contribution in [0.4, 0.5) is 0 Å². The number of hydrogen-bond acceptors (Lipinski definition) is 7. The second-order valence-electron chi connectivity index (χ2n) is 36.3. The molecule has 1 aliphatic heterocycles. The fourth-order valence-corrected chi connectivity index (χ4v) is 21.2. The third-order valence-electron chi connectivity index (χ3n) is 27.9. The van der Waals surface area contributed by atoms with E-state index in [9.17, 15) is 0 Å². The zero-order valence-corrected chi connectivity index (χ0v) is 78.1. The molecule has 6 aromatic heterocycles. The van der Waals surface area contributed by atoms with Gasteiger partial charge in [0.1, 0.15) is 5.82 Å². The largest absolute Gasteiger partial charge is 0.379 e. The number of dihydropyridines is 1. The van der Waals surface area contributed by atoms with Crippen molar-refractivity contribution in [2.45, 2.75) is 0 Å². The van der Waals surface area contributed by atoms with Gasteiger partial charge in [-0.05, 0) is 330 Å². The van der Waals surface area contributed by atoms with Gasteiger partial charge in [-0.25, -0.2) is 4.98 Å². The van der Waals surface area contributed by atoms with E-state index in [1.807, 2.05) is 73.6 Å². The first-order valence-electron chi connectivity index (χ1n) is 48.6. The molecule has 27 rings (SSSR count). The molecule has 0 radical (unpaired) electrons. The van der Waals surface area contributed by atoms with Crippen LogP contribution >= 0.6 is 0 Å². The minimum absolute atomic E-state index is 0.710. The lowest BCUT2D eigenvalue weighted by Gasteiger charge is -2.23. The van der Waals surface area contributed by atoms with Crippen molar-refractivity contribution in [3.63, 3.8) is 0 Å². The molecule has 7 heterocycles. The lowest BCUT2D eigenvalue weighted by atomic mass is 9.84. The van der Waals surface area contributed by atoms with Gasteiger partial charge in [-0.2, -0.15) is 0 Å². The maximum absolute atomic E-state index is 5.12. The Morgan fingerprint density at radius 2 is 0.552 bits per heavy atom. The molecule has 0 spiro atoms. The fourth-order valence-electron chi connectivity index (χ4n) is 21.2. The molecule has 8 heteroatoms. The summed E-state index contributed by atoms with van der Waals surface area (Å²) in [4.78, 5) is 27.5. The van der Waals surface area contributed by atoms with Gasteiger partial charge in [0.25, 0.3) is 0 Å². The summed E-state index contributed by atoms with van der Waals surface area (Å²) in [6.45, 7) is 0.710. The van der Waals surface area contributed by atoms with E-state index in [-0.39, 0.29) is 0 Å². The minimum atomic E-state index is 0.710. The normalized spacial score (nSPS) is 11.9. The molecule has 0 aliphatic carbocycles. The zero-order valence-electron chi connectivity index (χ0n) is 78.1. The highest BCUT2D eigenvalue weighted by molar-refractivity contribution is 6.25. The first-order chi connectivity index (χ1) is 70.9. The van der Waals surface area contributed by atoms with Crippen LogP contribution in [0.2, 0.25) is 0 Å². The maximum atomic E-state index is 5.12. The highest BCUT2D eigenvalue weighted by atomic mass is 15.1. The molecule has 670 valence electrons. The van der Waals surface area contributed by atoms with Gasteiger partial charge in [-0.15, -0.1) is 0 Å². The van der Waals surface area contributed by atoms with Crippen molar-refractivity contribution in [1.82, 2.24) is 39.8 Å². The summed E-state index contributed by atoms with van der Waals surface area (Å²) in [5.74, 6) is 0.933. The Morgan fingerprint density at radius 3 is 1.03 bits per heavy atom. The number of nitrogens with one attached hydrogen (secondary N) is 1. The number of fused-ring (bicyclic) bond motifs is 9. The maximum Gasteiger partial charge on any atom is 0.145 e. The number of rotatable bonds is 15. The average Bonchev–Trinajstić information content (AvgIpc) is 1.04. The van der Waals surface area contributed by atoms with Gasteiger partial charge in [-0.1, -0.05) is 358 Å². The first-order valence-corrected chi connectivity index (χ1v) is 48.6. The third-order valence-corrected chi connectivity index (χ3v) is 27.9. The summed E-state index contributed by atoms with van der Waals surface area (Å²) in [7, 11) is 0. The minimum Gasteiger partial charge on any atom is -0.379 e.